The van der Waals surface area contributed by atoms with Crippen LogP contribution in [0.15, 0.2) is 18.7 Å². The number of nitrogens with one attached hydrogen (secondary N) is 1. The molecule has 1 N–H and O–H groups in total. The Morgan fingerprint density at radius 1 is 1.41 bits per heavy atom. The van der Waals surface area contributed by atoms with Gasteiger partial charge in [-0.1, -0.05) is 19.4 Å². The minimum Gasteiger partial charge on any atom is -0.367 e. The van der Waals surface area contributed by atoms with Gasteiger partial charge in [0.05, 0.1) is 17.5 Å². The van der Waals surface area contributed by atoms with Crippen LogP contribution in [0.1, 0.15) is 56.8 Å². The highest BCUT2D eigenvalue weighted by Gasteiger charge is 2.46. The molecule has 0 aliphatic carbocycles. The average molecular weight is 406 g/mol. The number of hydrogen-bond donors (Lipinski definition) is 1. The number of anilines is 1. The molecular formula is C17H25F3N4O2S. The topological polar surface area (TPSA) is 67.2 Å². The van der Waals surface area contributed by atoms with Crippen molar-refractivity contribution in [3.63, 3.8) is 0 Å². The number of hydrogen-bond acceptors (Lipinski definition) is 4. The Labute approximate surface area is 157 Å². The van der Waals surface area contributed by atoms with Crippen LogP contribution in [0.4, 0.5) is 19.0 Å². The molecular weight excluding hydrogens is 381 g/mol. The first-order valence-corrected chi connectivity index (χ1v) is 10.8. The third-order valence-corrected chi connectivity index (χ3v) is 7.07. The van der Waals surface area contributed by atoms with Gasteiger partial charge in [0.15, 0.2) is 6.04 Å². The summed E-state index contributed by atoms with van der Waals surface area (Å²) >= 11 is 0. The lowest BCUT2D eigenvalue weighted by molar-refractivity contribution is -0.173. The lowest BCUT2D eigenvalue weighted by Crippen LogP contribution is -2.40. The molecule has 0 bridgehead atoms. The monoisotopic (exact) mass is 406 g/mol. The number of sulfonamides is 1. The van der Waals surface area contributed by atoms with E-state index in [1.54, 1.807) is 6.07 Å². The molecule has 1 aromatic rings. The Hall–Kier alpha value is -1.55. The van der Waals surface area contributed by atoms with Crippen LogP contribution in [0, 0.1) is 0 Å². The normalized spacial score (nSPS) is 27.0. The Balaban J connectivity index is 1.98. The number of rotatable bonds is 5. The van der Waals surface area contributed by atoms with Crippen LogP contribution >= 0.6 is 0 Å². The van der Waals surface area contributed by atoms with Gasteiger partial charge in [0.2, 0.25) is 10.0 Å². The van der Waals surface area contributed by atoms with Crippen LogP contribution < -0.4 is 5.32 Å². The second kappa shape index (κ2) is 7.46. The summed E-state index contributed by atoms with van der Waals surface area (Å²) in [5.74, 6) is 0.107. The van der Waals surface area contributed by atoms with Crippen LogP contribution in [0.2, 0.25) is 0 Å². The molecule has 1 saturated heterocycles. The Kier molecular flexibility index (Phi) is 5.58. The molecule has 0 spiro atoms. The summed E-state index contributed by atoms with van der Waals surface area (Å²) < 4.78 is 68.1. The Morgan fingerprint density at radius 3 is 2.78 bits per heavy atom. The number of alkyl halides is 3. The first-order chi connectivity index (χ1) is 12.7. The third-order valence-electron chi connectivity index (χ3n) is 5.26. The van der Waals surface area contributed by atoms with Crippen molar-refractivity contribution < 1.29 is 21.6 Å². The van der Waals surface area contributed by atoms with Crippen molar-refractivity contribution in [3.8, 4) is 0 Å². The highest BCUT2D eigenvalue weighted by atomic mass is 32.2. The highest BCUT2D eigenvalue weighted by Crippen LogP contribution is 2.42. The van der Waals surface area contributed by atoms with E-state index in [2.05, 4.69) is 17.0 Å². The van der Waals surface area contributed by atoms with E-state index in [4.69, 9.17) is 0 Å². The molecule has 2 aliphatic rings. The molecule has 10 heteroatoms. The number of nitrogens with zero attached hydrogens (tertiary/aromatic N) is 3. The molecule has 3 rings (SSSR count). The van der Waals surface area contributed by atoms with Crippen LogP contribution in [0.3, 0.4) is 0 Å². The minimum absolute atomic E-state index is 0.0860. The fourth-order valence-electron chi connectivity index (χ4n) is 3.88. The Morgan fingerprint density at radius 2 is 2.15 bits per heavy atom. The van der Waals surface area contributed by atoms with E-state index in [-0.39, 0.29) is 18.2 Å². The van der Waals surface area contributed by atoms with Crippen molar-refractivity contribution in [2.24, 2.45) is 0 Å². The number of piperidine rings is 1. The largest absolute Gasteiger partial charge is 0.410 e. The first-order valence-electron chi connectivity index (χ1n) is 9.20. The van der Waals surface area contributed by atoms with Crippen molar-refractivity contribution in [2.75, 3.05) is 17.6 Å². The van der Waals surface area contributed by atoms with E-state index in [9.17, 15) is 21.6 Å². The van der Waals surface area contributed by atoms with Gasteiger partial charge in [-0.05, 0) is 25.7 Å². The fraction of sp³-hybridized carbons (Fsp3) is 0.706. The van der Waals surface area contributed by atoms with E-state index < -0.39 is 28.3 Å². The third kappa shape index (κ3) is 4.01. The predicted molar refractivity (Wildman–Crippen MR) is 96.9 cm³/mol. The smallest absolute Gasteiger partial charge is 0.367 e. The van der Waals surface area contributed by atoms with Gasteiger partial charge in [0.1, 0.15) is 5.82 Å². The van der Waals surface area contributed by atoms with Crippen LogP contribution in [0.5, 0.6) is 0 Å². The molecule has 2 aliphatic heterocycles. The summed E-state index contributed by atoms with van der Waals surface area (Å²) in [7, 11) is -3.57. The summed E-state index contributed by atoms with van der Waals surface area (Å²) in [6.07, 6.45) is -0.530. The lowest BCUT2D eigenvalue weighted by Gasteiger charge is -2.33. The molecule has 0 aromatic carbocycles. The number of fused-ring (bicyclic) bond motifs is 1. The van der Waals surface area contributed by atoms with Gasteiger partial charge in [-0.3, -0.25) is 0 Å². The van der Waals surface area contributed by atoms with E-state index >= 15 is 0 Å². The van der Waals surface area contributed by atoms with Gasteiger partial charge in [-0.15, -0.1) is 6.58 Å². The quantitative estimate of drug-likeness (QED) is 0.759. The summed E-state index contributed by atoms with van der Waals surface area (Å²) in [5, 5.41) is 7.32. The van der Waals surface area contributed by atoms with Crippen LogP contribution in [-0.2, 0) is 10.0 Å². The molecule has 0 amide bonds. The van der Waals surface area contributed by atoms with Crippen molar-refractivity contribution in [1.82, 2.24) is 14.1 Å². The van der Waals surface area contributed by atoms with Crippen molar-refractivity contribution >= 4 is 15.8 Å². The second-order valence-electron chi connectivity index (χ2n) is 7.13. The van der Waals surface area contributed by atoms with E-state index in [1.807, 2.05) is 6.92 Å². The standard InChI is InChI=1S/C17H25F3N4O2S/c1-3-9-27(25,26)23-8-6-5-7-14(23)13-11-16-21-12(4-2)10-15(17(18,19)20)24(16)22-13/h3,11-12,14-15,21H,1,4-10H2,2H3/t12-,14?,15-/m1/s1. The van der Waals surface area contributed by atoms with E-state index in [1.165, 1.54) is 10.4 Å². The zero-order valence-electron chi connectivity index (χ0n) is 15.2. The molecule has 1 unspecified atom stereocenters. The Bertz CT molecular complexity index is 791. The molecule has 3 heterocycles. The molecule has 0 saturated carbocycles. The average Bonchev–Trinajstić information content (AvgIpc) is 3.03. The van der Waals surface area contributed by atoms with Crippen molar-refractivity contribution in [2.45, 2.75) is 63.3 Å². The SMILES string of the molecule is C=CCS(=O)(=O)N1CCCCC1c1cc2n(n1)[C@@H](C(F)(F)F)C[C@@H](CC)N2. The van der Waals surface area contributed by atoms with E-state index in [0.29, 0.717) is 30.9 Å². The molecule has 1 aromatic heterocycles. The molecule has 6 nitrogen and oxygen atoms in total. The number of halogens is 3. The van der Waals surface area contributed by atoms with Crippen LogP contribution in [0.25, 0.3) is 0 Å². The van der Waals surface area contributed by atoms with E-state index in [0.717, 1.165) is 17.5 Å². The van der Waals surface area contributed by atoms with Gasteiger partial charge in [-0.25, -0.2) is 13.1 Å². The fourth-order valence-corrected chi connectivity index (χ4v) is 5.38. The van der Waals surface area contributed by atoms with Crippen molar-refractivity contribution in [3.05, 3.63) is 24.4 Å². The maximum absolute atomic E-state index is 13.5. The predicted octanol–water partition coefficient (Wildman–Crippen LogP) is 3.62. The van der Waals surface area contributed by atoms with Gasteiger partial charge in [-0.2, -0.15) is 22.6 Å². The van der Waals surface area contributed by atoms with Gasteiger partial charge >= 0.3 is 6.18 Å². The molecule has 152 valence electrons. The second-order valence-corrected chi connectivity index (χ2v) is 9.10. The lowest BCUT2D eigenvalue weighted by atomic mass is 10.0. The maximum atomic E-state index is 13.5. The van der Waals surface area contributed by atoms with Gasteiger partial charge < -0.3 is 5.32 Å². The summed E-state index contributed by atoms with van der Waals surface area (Å²) in [4.78, 5) is 0. The molecule has 1 fully saturated rings. The summed E-state index contributed by atoms with van der Waals surface area (Å²) in [6, 6.07) is -0.958. The summed E-state index contributed by atoms with van der Waals surface area (Å²) in [6.45, 7) is 5.67. The molecule has 3 atom stereocenters. The highest BCUT2D eigenvalue weighted by molar-refractivity contribution is 7.89. The minimum atomic E-state index is -4.41. The zero-order chi connectivity index (χ0) is 19.8. The maximum Gasteiger partial charge on any atom is 0.410 e. The van der Waals surface area contributed by atoms with Gasteiger partial charge in [0, 0.05) is 18.7 Å². The molecule has 27 heavy (non-hydrogen) atoms. The zero-order valence-corrected chi connectivity index (χ0v) is 16.1. The summed E-state index contributed by atoms with van der Waals surface area (Å²) in [5.41, 5.74) is 0.371. The molecule has 0 radical (unpaired) electrons. The van der Waals surface area contributed by atoms with Crippen molar-refractivity contribution in [1.29, 1.82) is 0 Å². The number of aromatic nitrogens is 2. The van der Waals surface area contributed by atoms with Crippen LogP contribution in [-0.4, -0.2) is 47.0 Å². The van der Waals surface area contributed by atoms with Gasteiger partial charge in [0.25, 0.3) is 0 Å². The first kappa shape index (κ1) is 20.2.